The number of aryl methyl sites for hydroxylation is 2. The van der Waals surface area contributed by atoms with Crippen LogP contribution in [0.2, 0.25) is 0 Å². The number of anilines is 1. The van der Waals surface area contributed by atoms with Crippen LogP contribution in [-0.2, 0) is 6.54 Å². The van der Waals surface area contributed by atoms with Crippen molar-refractivity contribution in [2.75, 3.05) is 18.6 Å². The molecule has 0 bridgehead atoms. The van der Waals surface area contributed by atoms with Gasteiger partial charge in [-0.15, -0.1) is 0 Å². The average Bonchev–Trinajstić information content (AvgIpc) is 2.97. The lowest BCUT2D eigenvalue weighted by molar-refractivity contribution is 0.211. The third-order valence-electron chi connectivity index (χ3n) is 4.53. The van der Waals surface area contributed by atoms with Crippen molar-refractivity contribution in [2.45, 2.75) is 33.4 Å². The molecule has 0 amide bonds. The van der Waals surface area contributed by atoms with Crippen molar-refractivity contribution in [2.24, 2.45) is 0 Å². The summed E-state index contributed by atoms with van der Waals surface area (Å²) in [5.74, 6) is 2.47. The molecule has 4 rings (SSSR count). The number of fused-ring (bicyclic) bond motifs is 2. The van der Waals surface area contributed by atoms with Gasteiger partial charge in [-0.05, 0) is 39.0 Å². The van der Waals surface area contributed by atoms with Crippen LogP contribution in [0.25, 0.3) is 5.78 Å². The van der Waals surface area contributed by atoms with Gasteiger partial charge in [0, 0.05) is 17.5 Å². The van der Waals surface area contributed by atoms with Crippen LogP contribution in [-0.4, -0.2) is 34.1 Å². The highest BCUT2D eigenvalue weighted by Crippen LogP contribution is 2.37. The van der Waals surface area contributed by atoms with Crippen molar-refractivity contribution in [1.82, 2.24) is 14.4 Å². The Morgan fingerprint density at radius 1 is 1.28 bits per heavy atom. The van der Waals surface area contributed by atoms with Crippen molar-refractivity contribution in [3.05, 3.63) is 47.5 Å². The molecular weight excluding hydrogens is 316 g/mol. The van der Waals surface area contributed by atoms with E-state index in [0.717, 1.165) is 53.1 Å². The molecule has 2 aromatic heterocycles. The molecule has 0 radical (unpaired) electrons. The second kappa shape index (κ2) is 5.95. The smallest absolute Gasteiger partial charge is 0.234 e. The Labute approximate surface area is 147 Å². The maximum absolute atomic E-state index is 5.98. The molecule has 6 heteroatoms. The van der Waals surface area contributed by atoms with Crippen molar-refractivity contribution < 1.29 is 9.47 Å². The summed E-state index contributed by atoms with van der Waals surface area (Å²) >= 11 is 0. The standard InChI is InChI=1S/C19H22N4O2/c1-12-7-13(2)23-15(9-20-19(23)21-12)11-22-10-14(3)25-18-6-5-16(24-4)8-17(18)22/h5-9,14H,10-11H2,1-4H3/t14-/m0/s1. The van der Waals surface area contributed by atoms with E-state index in [2.05, 4.69) is 39.2 Å². The summed E-state index contributed by atoms with van der Waals surface area (Å²) < 4.78 is 13.5. The lowest BCUT2D eigenvalue weighted by atomic mass is 10.2. The molecule has 0 fully saturated rings. The molecule has 1 aliphatic rings. The van der Waals surface area contributed by atoms with E-state index < -0.39 is 0 Å². The van der Waals surface area contributed by atoms with E-state index in [0.29, 0.717) is 0 Å². The molecule has 0 spiro atoms. The maximum atomic E-state index is 5.98. The molecule has 0 saturated heterocycles. The van der Waals surface area contributed by atoms with Crippen LogP contribution < -0.4 is 14.4 Å². The summed E-state index contributed by atoms with van der Waals surface area (Å²) in [7, 11) is 1.68. The zero-order chi connectivity index (χ0) is 17.6. The molecule has 0 aliphatic carbocycles. The third-order valence-corrected chi connectivity index (χ3v) is 4.53. The van der Waals surface area contributed by atoms with Crippen LogP contribution >= 0.6 is 0 Å². The number of methoxy groups -OCH3 is 1. The van der Waals surface area contributed by atoms with Gasteiger partial charge in [0.25, 0.3) is 0 Å². The van der Waals surface area contributed by atoms with E-state index >= 15 is 0 Å². The van der Waals surface area contributed by atoms with Crippen molar-refractivity contribution in [1.29, 1.82) is 0 Å². The van der Waals surface area contributed by atoms with Gasteiger partial charge in [-0.3, -0.25) is 4.40 Å². The predicted octanol–water partition coefficient (Wildman–Crippen LogP) is 3.14. The highest BCUT2D eigenvalue weighted by molar-refractivity contribution is 5.63. The topological polar surface area (TPSA) is 51.9 Å². The molecular formula is C19H22N4O2. The molecule has 130 valence electrons. The molecule has 0 unspecified atom stereocenters. The number of ether oxygens (including phenoxy) is 2. The van der Waals surface area contributed by atoms with E-state index in [1.54, 1.807) is 7.11 Å². The fraction of sp³-hybridized carbons (Fsp3) is 0.368. The summed E-state index contributed by atoms with van der Waals surface area (Å²) in [5, 5.41) is 0. The Kier molecular flexibility index (Phi) is 3.75. The first-order chi connectivity index (χ1) is 12.0. The Morgan fingerprint density at radius 2 is 2.12 bits per heavy atom. The second-order valence-electron chi connectivity index (χ2n) is 6.57. The Hall–Kier alpha value is -2.76. The van der Waals surface area contributed by atoms with Gasteiger partial charge in [0.05, 0.1) is 37.8 Å². The first-order valence-electron chi connectivity index (χ1n) is 8.45. The lowest BCUT2D eigenvalue weighted by Gasteiger charge is -2.35. The van der Waals surface area contributed by atoms with Gasteiger partial charge >= 0.3 is 0 Å². The van der Waals surface area contributed by atoms with E-state index in [4.69, 9.17) is 9.47 Å². The number of hydrogen-bond donors (Lipinski definition) is 0. The molecule has 1 atom stereocenters. The third kappa shape index (κ3) is 2.77. The normalized spacial score (nSPS) is 16.6. The van der Waals surface area contributed by atoms with E-state index in [1.165, 1.54) is 0 Å². The fourth-order valence-electron chi connectivity index (χ4n) is 3.49. The van der Waals surface area contributed by atoms with E-state index in [1.807, 2.05) is 31.3 Å². The summed E-state index contributed by atoms with van der Waals surface area (Å²) in [6.07, 6.45) is 2.04. The molecule has 3 heterocycles. The van der Waals surface area contributed by atoms with Crippen LogP contribution in [0.4, 0.5) is 5.69 Å². The van der Waals surface area contributed by atoms with Crippen LogP contribution in [0.5, 0.6) is 11.5 Å². The average molecular weight is 338 g/mol. The Bertz CT molecular complexity index is 935. The minimum Gasteiger partial charge on any atom is -0.497 e. The van der Waals surface area contributed by atoms with Crippen LogP contribution in [0.1, 0.15) is 24.0 Å². The van der Waals surface area contributed by atoms with Crippen LogP contribution in [0, 0.1) is 13.8 Å². The number of benzene rings is 1. The zero-order valence-electron chi connectivity index (χ0n) is 15.0. The molecule has 0 N–H and O–H groups in total. The summed E-state index contributed by atoms with van der Waals surface area (Å²) in [6.45, 7) is 7.72. The van der Waals surface area contributed by atoms with Gasteiger partial charge in [0.1, 0.15) is 17.6 Å². The number of aromatic nitrogens is 3. The first kappa shape index (κ1) is 15.7. The van der Waals surface area contributed by atoms with Gasteiger partial charge in [-0.2, -0.15) is 0 Å². The van der Waals surface area contributed by atoms with Gasteiger partial charge < -0.3 is 14.4 Å². The highest BCUT2D eigenvalue weighted by atomic mass is 16.5. The Morgan fingerprint density at radius 3 is 2.92 bits per heavy atom. The Balaban J connectivity index is 1.74. The largest absolute Gasteiger partial charge is 0.497 e. The van der Waals surface area contributed by atoms with Crippen molar-refractivity contribution in [3.8, 4) is 11.5 Å². The van der Waals surface area contributed by atoms with Crippen LogP contribution in [0.15, 0.2) is 30.5 Å². The predicted molar refractivity (Wildman–Crippen MR) is 96.6 cm³/mol. The quantitative estimate of drug-likeness (QED) is 0.734. The molecule has 0 saturated carbocycles. The molecule has 6 nitrogen and oxygen atoms in total. The summed E-state index contributed by atoms with van der Waals surface area (Å²) in [6, 6.07) is 8.01. The minimum absolute atomic E-state index is 0.126. The second-order valence-corrected chi connectivity index (χ2v) is 6.57. The van der Waals surface area contributed by atoms with Gasteiger partial charge in [-0.1, -0.05) is 0 Å². The number of hydrogen-bond acceptors (Lipinski definition) is 5. The van der Waals surface area contributed by atoms with E-state index in [9.17, 15) is 0 Å². The van der Waals surface area contributed by atoms with Crippen molar-refractivity contribution in [3.63, 3.8) is 0 Å². The monoisotopic (exact) mass is 338 g/mol. The van der Waals surface area contributed by atoms with Gasteiger partial charge in [-0.25, -0.2) is 9.97 Å². The van der Waals surface area contributed by atoms with Crippen LogP contribution in [0.3, 0.4) is 0 Å². The highest BCUT2D eigenvalue weighted by Gasteiger charge is 2.24. The summed E-state index contributed by atoms with van der Waals surface area (Å²) in [5.41, 5.74) is 4.28. The maximum Gasteiger partial charge on any atom is 0.234 e. The molecule has 1 aliphatic heterocycles. The SMILES string of the molecule is COc1ccc2c(c1)N(Cc1cnc3nc(C)cc(C)n13)C[C@H](C)O2. The zero-order valence-corrected chi connectivity index (χ0v) is 15.0. The molecule has 3 aromatic rings. The molecule has 1 aromatic carbocycles. The van der Waals surface area contributed by atoms with E-state index in [-0.39, 0.29) is 6.10 Å². The molecule has 25 heavy (non-hydrogen) atoms. The van der Waals surface area contributed by atoms with Crippen molar-refractivity contribution >= 4 is 11.5 Å². The minimum atomic E-state index is 0.126. The lowest BCUT2D eigenvalue weighted by Crippen LogP contribution is -2.38. The van der Waals surface area contributed by atoms with Gasteiger partial charge in [0.15, 0.2) is 0 Å². The fourth-order valence-corrected chi connectivity index (χ4v) is 3.49. The number of imidazole rings is 1. The number of rotatable bonds is 3. The van der Waals surface area contributed by atoms with Gasteiger partial charge in [0.2, 0.25) is 5.78 Å². The summed E-state index contributed by atoms with van der Waals surface area (Å²) in [4.78, 5) is 11.3. The number of nitrogens with zero attached hydrogens (tertiary/aromatic N) is 4. The first-order valence-corrected chi connectivity index (χ1v) is 8.45.